The lowest BCUT2D eigenvalue weighted by Crippen LogP contribution is -2.53. The Balaban J connectivity index is 1.46. The van der Waals surface area contributed by atoms with Gasteiger partial charge in [0.25, 0.3) is 0 Å². The van der Waals surface area contributed by atoms with Gasteiger partial charge in [-0.25, -0.2) is 18.0 Å². The molecule has 1 aromatic carbocycles. The zero-order chi connectivity index (χ0) is 21.5. The Morgan fingerprint density at radius 1 is 1.07 bits per heavy atom. The van der Waals surface area contributed by atoms with E-state index in [0.29, 0.717) is 45.0 Å². The van der Waals surface area contributed by atoms with Gasteiger partial charge in [-0.1, -0.05) is 0 Å². The molecule has 11 heteroatoms. The first-order chi connectivity index (χ1) is 14.5. The van der Waals surface area contributed by atoms with Crippen molar-refractivity contribution >= 4 is 17.6 Å². The fourth-order valence-electron chi connectivity index (χ4n) is 3.60. The molecule has 2 fully saturated rings. The van der Waals surface area contributed by atoms with Crippen molar-refractivity contribution in [3.8, 4) is 0 Å². The number of carbonyl (C=O) groups is 2. The van der Waals surface area contributed by atoms with Gasteiger partial charge in [-0.15, -0.1) is 0 Å². The van der Waals surface area contributed by atoms with E-state index in [4.69, 9.17) is 9.47 Å². The number of benzene rings is 1. The van der Waals surface area contributed by atoms with Crippen LogP contribution in [0.5, 0.6) is 0 Å². The highest BCUT2D eigenvalue weighted by molar-refractivity contribution is 5.94. The van der Waals surface area contributed by atoms with Crippen molar-refractivity contribution in [2.75, 3.05) is 57.9 Å². The van der Waals surface area contributed by atoms with Gasteiger partial charge in [-0.3, -0.25) is 9.69 Å². The number of nitrogens with zero attached hydrogens (tertiary/aromatic N) is 1. The number of amides is 3. The number of hydrogen-bond acceptors (Lipinski definition) is 5. The van der Waals surface area contributed by atoms with E-state index < -0.39 is 41.6 Å². The molecule has 0 bridgehead atoms. The second-order valence-corrected chi connectivity index (χ2v) is 7.17. The molecule has 0 radical (unpaired) electrons. The lowest BCUT2D eigenvalue weighted by Gasteiger charge is -2.37. The largest absolute Gasteiger partial charge is 0.381 e. The third-order valence-electron chi connectivity index (χ3n) is 5.21. The van der Waals surface area contributed by atoms with Gasteiger partial charge in [-0.05, 0) is 18.6 Å². The van der Waals surface area contributed by atoms with E-state index in [9.17, 15) is 22.8 Å². The fourth-order valence-corrected chi connectivity index (χ4v) is 3.60. The van der Waals surface area contributed by atoms with Gasteiger partial charge in [0.2, 0.25) is 5.91 Å². The van der Waals surface area contributed by atoms with E-state index >= 15 is 0 Å². The Kier molecular flexibility index (Phi) is 7.88. The standard InChI is InChI=1S/C19H25F3N4O4/c20-13-1-2-14(18(22)17(13)21)25-16(27)10-24-19(28)23-9-15(12-3-6-30-11-12)26-4-7-29-8-5-26/h1-2,12,15H,3-11H2,(H,25,27)(H2,23,24,28). The van der Waals surface area contributed by atoms with E-state index in [0.717, 1.165) is 25.6 Å². The lowest BCUT2D eigenvalue weighted by molar-refractivity contribution is -0.115. The number of morpholine rings is 1. The minimum atomic E-state index is -1.68. The van der Waals surface area contributed by atoms with Gasteiger partial charge in [-0.2, -0.15) is 0 Å². The summed E-state index contributed by atoms with van der Waals surface area (Å²) in [6.45, 7) is 4.05. The third kappa shape index (κ3) is 5.83. The van der Waals surface area contributed by atoms with Crippen molar-refractivity contribution in [2.45, 2.75) is 12.5 Å². The molecule has 3 rings (SSSR count). The summed E-state index contributed by atoms with van der Waals surface area (Å²) < 4.78 is 50.6. The molecule has 2 unspecified atom stereocenters. The van der Waals surface area contributed by atoms with Crippen molar-refractivity contribution in [3.05, 3.63) is 29.6 Å². The second-order valence-electron chi connectivity index (χ2n) is 7.17. The molecular formula is C19H25F3N4O4. The summed E-state index contributed by atoms with van der Waals surface area (Å²) in [5.41, 5.74) is -0.505. The maximum Gasteiger partial charge on any atom is 0.315 e. The summed E-state index contributed by atoms with van der Waals surface area (Å²) in [4.78, 5) is 26.3. The number of urea groups is 1. The van der Waals surface area contributed by atoms with E-state index in [-0.39, 0.29) is 6.04 Å². The van der Waals surface area contributed by atoms with Crippen LogP contribution in [-0.2, 0) is 14.3 Å². The van der Waals surface area contributed by atoms with Gasteiger partial charge < -0.3 is 25.4 Å². The first-order valence-corrected chi connectivity index (χ1v) is 9.80. The molecule has 2 atom stereocenters. The third-order valence-corrected chi connectivity index (χ3v) is 5.21. The first kappa shape index (κ1) is 22.3. The second kappa shape index (κ2) is 10.6. The first-order valence-electron chi connectivity index (χ1n) is 9.80. The molecule has 0 spiro atoms. The molecule has 166 valence electrons. The lowest BCUT2D eigenvalue weighted by atomic mass is 9.97. The predicted octanol–water partition coefficient (Wildman–Crippen LogP) is 1.08. The Bertz CT molecular complexity index is 756. The van der Waals surface area contributed by atoms with Crippen molar-refractivity contribution < 1.29 is 32.2 Å². The molecule has 3 amide bonds. The molecule has 2 aliphatic heterocycles. The zero-order valence-corrected chi connectivity index (χ0v) is 16.4. The number of hydrogen-bond donors (Lipinski definition) is 3. The van der Waals surface area contributed by atoms with Crippen LogP contribution < -0.4 is 16.0 Å². The molecule has 2 aliphatic rings. The highest BCUT2D eigenvalue weighted by Crippen LogP contribution is 2.22. The van der Waals surface area contributed by atoms with Crippen LogP contribution in [0.2, 0.25) is 0 Å². The quantitative estimate of drug-likeness (QED) is 0.563. The van der Waals surface area contributed by atoms with Gasteiger partial charge in [0.1, 0.15) is 0 Å². The number of ether oxygens (including phenoxy) is 2. The van der Waals surface area contributed by atoms with Crippen molar-refractivity contribution in [1.29, 1.82) is 0 Å². The van der Waals surface area contributed by atoms with E-state index in [1.54, 1.807) is 0 Å². The summed E-state index contributed by atoms with van der Waals surface area (Å²) >= 11 is 0. The molecule has 1 aromatic rings. The van der Waals surface area contributed by atoms with Gasteiger partial charge in [0.05, 0.1) is 32.1 Å². The van der Waals surface area contributed by atoms with Gasteiger partial charge in [0, 0.05) is 38.2 Å². The molecule has 8 nitrogen and oxygen atoms in total. The van der Waals surface area contributed by atoms with Crippen molar-refractivity contribution in [1.82, 2.24) is 15.5 Å². The average Bonchev–Trinajstić information content (AvgIpc) is 3.28. The average molecular weight is 430 g/mol. The molecule has 0 aliphatic carbocycles. The van der Waals surface area contributed by atoms with Crippen LogP contribution in [0.15, 0.2) is 12.1 Å². The van der Waals surface area contributed by atoms with Crippen LogP contribution in [0, 0.1) is 23.4 Å². The van der Waals surface area contributed by atoms with E-state index in [1.165, 1.54) is 0 Å². The molecular weight excluding hydrogens is 405 g/mol. The minimum absolute atomic E-state index is 0.0901. The van der Waals surface area contributed by atoms with Crippen molar-refractivity contribution in [2.24, 2.45) is 5.92 Å². The minimum Gasteiger partial charge on any atom is -0.381 e. The molecule has 30 heavy (non-hydrogen) atoms. The summed E-state index contributed by atoms with van der Waals surface area (Å²) in [7, 11) is 0. The van der Waals surface area contributed by atoms with Crippen molar-refractivity contribution in [3.63, 3.8) is 0 Å². The SMILES string of the molecule is O=C(CNC(=O)NCC(C1CCOC1)N1CCOCC1)Nc1ccc(F)c(F)c1F. The number of carbonyl (C=O) groups excluding carboxylic acids is 2. The summed E-state index contributed by atoms with van der Waals surface area (Å²) in [6.07, 6.45) is 0.910. The highest BCUT2D eigenvalue weighted by atomic mass is 19.2. The monoisotopic (exact) mass is 430 g/mol. The topological polar surface area (TPSA) is 91.9 Å². The van der Waals surface area contributed by atoms with Crippen LogP contribution in [0.25, 0.3) is 0 Å². The molecule has 0 saturated carbocycles. The number of rotatable bonds is 7. The Morgan fingerprint density at radius 2 is 1.83 bits per heavy atom. The fraction of sp³-hybridized carbons (Fsp3) is 0.579. The van der Waals surface area contributed by atoms with Crippen LogP contribution >= 0.6 is 0 Å². The van der Waals surface area contributed by atoms with E-state index in [2.05, 4.69) is 20.9 Å². The zero-order valence-electron chi connectivity index (χ0n) is 16.4. The van der Waals surface area contributed by atoms with E-state index in [1.807, 2.05) is 0 Å². The normalized spacial score (nSPS) is 20.6. The van der Waals surface area contributed by atoms with Crippen LogP contribution in [0.3, 0.4) is 0 Å². The number of nitrogens with one attached hydrogen (secondary N) is 3. The van der Waals surface area contributed by atoms with Crippen LogP contribution in [0.4, 0.5) is 23.7 Å². The summed E-state index contributed by atoms with van der Waals surface area (Å²) in [5, 5.41) is 7.22. The van der Waals surface area contributed by atoms with Crippen LogP contribution in [0.1, 0.15) is 6.42 Å². The highest BCUT2D eigenvalue weighted by Gasteiger charge is 2.31. The Morgan fingerprint density at radius 3 is 2.53 bits per heavy atom. The predicted molar refractivity (Wildman–Crippen MR) is 101 cm³/mol. The molecule has 2 heterocycles. The smallest absolute Gasteiger partial charge is 0.315 e. The Labute approximate surface area is 172 Å². The maximum atomic E-state index is 13.6. The summed E-state index contributed by atoms with van der Waals surface area (Å²) in [6, 6.07) is 1.13. The van der Waals surface area contributed by atoms with Gasteiger partial charge >= 0.3 is 6.03 Å². The molecule has 3 N–H and O–H groups in total. The number of anilines is 1. The van der Waals surface area contributed by atoms with Crippen LogP contribution in [-0.4, -0.2) is 75.5 Å². The molecule has 2 saturated heterocycles. The Hall–Kier alpha value is -2.37. The number of halogens is 3. The van der Waals surface area contributed by atoms with Gasteiger partial charge in [0.15, 0.2) is 17.5 Å². The molecule has 0 aromatic heterocycles. The summed E-state index contributed by atoms with van der Waals surface area (Å²) in [5.74, 6) is -5.01. The maximum absolute atomic E-state index is 13.6.